The van der Waals surface area contributed by atoms with Gasteiger partial charge in [-0.05, 0) is 54.8 Å². The number of aromatic nitrogens is 2. The van der Waals surface area contributed by atoms with Crippen LogP contribution in [0.15, 0.2) is 66.7 Å². The molecule has 0 radical (unpaired) electrons. The Labute approximate surface area is 185 Å². The van der Waals surface area contributed by atoms with Crippen molar-refractivity contribution < 1.29 is 9.90 Å². The van der Waals surface area contributed by atoms with Gasteiger partial charge in [0.05, 0.1) is 24.1 Å². The fourth-order valence-electron chi connectivity index (χ4n) is 3.73. The van der Waals surface area contributed by atoms with Crippen LogP contribution >= 0.6 is 17.0 Å². The fraction of sp³-hybridized carbons (Fsp3) is 0.167. The van der Waals surface area contributed by atoms with Gasteiger partial charge in [-0.25, -0.2) is 0 Å². The molecule has 0 saturated carbocycles. The number of fused-ring (bicyclic) bond motifs is 1. The Bertz CT molecular complexity index is 1250. The number of nitrogens with one attached hydrogen (secondary N) is 1. The lowest BCUT2D eigenvalue weighted by atomic mass is 10.0. The number of benzene rings is 3. The predicted molar refractivity (Wildman–Crippen MR) is 124 cm³/mol. The minimum Gasteiger partial charge on any atom is -0.507 e. The number of imidazole rings is 1. The monoisotopic (exact) mass is 465 g/mol. The summed E-state index contributed by atoms with van der Waals surface area (Å²) in [6.45, 7) is 4.21. The van der Waals surface area contributed by atoms with E-state index >= 15 is 0 Å². The third-order valence-corrected chi connectivity index (χ3v) is 5.27. The third-order valence-electron chi connectivity index (χ3n) is 5.27. The van der Waals surface area contributed by atoms with Gasteiger partial charge in [-0.2, -0.15) is 0 Å². The first-order chi connectivity index (χ1) is 14.0. The standard InChI is InChI=1S/C24H23N3O2.BrH/c1-16-12-19(13-17(2)23(16)29)22(28)15-27-21-11-7-6-10-20(21)26(24(27)25)14-18-8-4-3-5-9-18;/h3-13,25,29H,14-15H2,1-2H3;1H. The molecule has 4 aromatic rings. The number of carbonyl (C=O) groups is 1. The van der Waals surface area contributed by atoms with Crippen molar-refractivity contribution in [2.45, 2.75) is 26.9 Å². The Kier molecular flexibility index (Phi) is 6.27. The first-order valence-corrected chi connectivity index (χ1v) is 9.55. The van der Waals surface area contributed by atoms with Crippen molar-refractivity contribution >= 4 is 33.8 Å². The number of nitrogens with zero attached hydrogens (tertiary/aromatic N) is 2. The number of ketones is 1. The lowest BCUT2D eigenvalue weighted by Gasteiger charge is -2.09. The summed E-state index contributed by atoms with van der Waals surface area (Å²) >= 11 is 0. The van der Waals surface area contributed by atoms with Crippen LogP contribution in [0.3, 0.4) is 0 Å². The highest BCUT2D eigenvalue weighted by atomic mass is 79.9. The number of aromatic hydroxyl groups is 1. The predicted octanol–water partition coefficient (Wildman–Crippen LogP) is 4.75. The van der Waals surface area contributed by atoms with Crippen molar-refractivity contribution in [1.82, 2.24) is 9.13 Å². The SMILES string of the molecule is Br.Cc1cc(C(=O)Cn2c(=N)n(Cc3ccccc3)c3ccccc32)cc(C)c1O. The number of aryl methyl sites for hydroxylation is 2. The quantitative estimate of drug-likeness (QED) is 0.417. The lowest BCUT2D eigenvalue weighted by molar-refractivity contribution is 0.0971. The molecule has 3 aromatic carbocycles. The van der Waals surface area contributed by atoms with Gasteiger partial charge in [0.2, 0.25) is 5.62 Å². The molecule has 5 nitrogen and oxygen atoms in total. The first-order valence-electron chi connectivity index (χ1n) is 9.55. The van der Waals surface area contributed by atoms with Crippen molar-refractivity contribution in [3.63, 3.8) is 0 Å². The molecule has 6 heteroatoms. The molecule has 1 heterocycles. The smallest absolute Gasteiger partial charge is 0.203 e. The van der Waals surface area contributed by atoms with Crippen molar-refractivity contribution in [2.24, 2.45) is 0 Å². The highest BCUT2D eigenvalue weighted by molar-refractivity contribution is 8.93. The molecule has 0 spiro atoms. The molecule has 0 unspecified atom stereocenters. The molecule has 0 bridgehead atoms. The Morgan fingerprint density at radius 2 is 1.43 bits per heavy atom. The van der Waals surface area contributed by atoms with Crippen LogP contribution in [0, 0.1) is 19.3 Å². The van der Waals surface area contributed by atoms with Crippen LogP contribution in [-0.4, -0.2) is 20.0 Å². The maximum atomic E-state index is 13.0. The van der Waals surface area contributed by atoms with Gasteiger partial charge >= 0.3 is 0 Å². The van der Waals surface area contributed by atoms with Crippen LogP contribution in [0.2, 0.25) is 0 Å². The van der Waals surface area contributed by atoms with E-state index in [1.165, 1.54) is 0 Å². The van der Waals surface area contributed by atoms with Gasteiger partial charge in [0.1, 0.15) is 5.75 Å². The third kappa shape index (κ3) is 3.96. The summed E-state index contributed by atoms with van der Waals surface area (Å²) in [4.78, 5) is 13.0. The van der Waals surface area contributed by atoms with Gasteiger partial charge < -0.3 is 14.2 Å². The maximum absolute atomic E-state index is 13.0. The summed E-state index contributed by atoms with van der Waals surface area (Å²) < 4.78 is 3.67. The molecular formula is C24H24BrN3O2. The molecule has 0 amide bonds. The van der Waals surface area contributed by atoms with Gasteiger partial charge in [0.25, 0.3) is 0 Å². The number of hydrogen-bond donors (Lipinski definition) is 2. The minimum atomic E-state index is -0.0858. The van der Waals surface area contributed by atoms with Crippen LogP contribution in [0.5, 0.6) is 5.75 Å². The van der Waals surface area contributed by atoms with E-state index in [-0.39, 0.29) is 40.7 Å². The highest BCUT2D eigenvalue weighted by Gasteiger charge is 2.16. The minimum absolute atomic E-state index is 0. The molecule has 0 aliphatic rings. The van der Waals surface area contributed by atoms with E-state index in [1.807, 2.05) is 59.2 Å². The van der Waals surface area contributed by atoms with Gasteiger partial charge in [-0.15, -0.1) is 17.0 Å². The second-order valence-electron chi connectivity index (χ2n) is 7.35. The molecule has 154 valence electrons. The molecule has 0 aliphatic heterocycles. The summed E-state index contributed by atoms with van der Waals surface area (Å²) in [6.07, 6.45) is 0. The number of rotatable bonds is 5. The normalized spacial score (nSPS) is 10.7. The molecule has 30 heavy (non-hydrogen) atoms. The van der Waals surface area contributed by atoms with Gasteiger partial charge in [-0.1, -0.05) is 42.5 Å². The van der Waals surface area contributed by atoms with E-state index in [4.69, 9.17) is 5.41 Å². The zero-order valence-corrected chi connectivity index (χ0v) is 18.6. The number of carbonyl (C=O) groups excluding carboxylic acids is 1. The van der Waals surface area contributed by atoms with Gasteiger partial charge in [0.15, 0.2) is 5.78 Å². The second kappa shape index (κ2) is 8.71. The van der Waals surface area contributed by atoms with Crippen molar-refractivity contribution in [1.29, 1.82) is 5.41 Å². The van der Waals surface area contributed by atoms with E-state index < -0.39 is 0 Å². The Balaban J connectivity index is 0.00000256. The number of phenols is 1. The average Bonchev–Trinajstić information content (AvgIpc) is 2.98. The Hall–Kier alpha value is -3.12. The Morgan fingerprint density at radius 1 is 0.900 bits per heavy atom. The van der Waals surface area contributed by atoms with Gasteiger partial charge in [-0.3, -0.25) is 10.2 Å². The van der Waals surface area contributed by atoms with Crippen LogP contribution in [0.25, 0.3) is 11.0 Å². The lowest BCUT2D eigenvalue weighted by Crippen LogP contribution is -2.27. The molecule has 4 rings (SSSR count). The molecule has 0 fully saturated rings. The van der Waals surface area contributed by atoms with E-state index in [0.717, 1.165) is 16.6 Å². The molecule has 1 aromatic heterocycles. The number of Topliss-reactive ketones (excluding diaryl/α,β-unsaturated/α-hetero) is 1. The van der Waals surface area contributed by atoms with Crippen LogP contribution < -0.4 is 5.62 Å². The van der Waals surface area contributed by atoms with Crippen molar-refractivity contribution in [3.8, 4) is 5.75 Å². The average molecular weight is 466 g/mol. The zero-order valence-electron chi connectivity index (χ0n) is 16.9. The Morgan fingerprint density at radius 3 is 2.03 bits per heavy atom. The summed E-state index contributed by atoms with van der Waals surface area (Å²) in [5.74, 6) is 0.132. The molecule has 0 aliphatic carbocycles. The van der Waals surface area contributed by atoms with Gasteiger partial charge in [0, 0.05) is 5.56 Å². The summed E-state index contributed by atoms with van der Waals surface area (Å²) in [5, 5.41) is 18.7. The topological polar surface area (TPSA) is 71.0 Å². The first kappa shape index (κ1) is 21.6. The van der Waals surface area contributed by atoms with E-state index in [9.17, 15) is 9.90 Å². The maximum Gasteiger partial charge on any atom is 0.203 e. The molecule has 2 N–H and O–H groups in total. The number of halogens is 1. The van der Waals surface area contributed by atoms with Crippen molar-refractivity contribution in [2.75, 3.05) is 0 Å². The van der Waals surface area contributed by atoms with E-state index in [1.54, 1.807) is 30.5 Å². The molecule has 0 saturated heterocycles. The summed E-state index contributed by atoms with van der Waals surface area (Å²) in [5.41, 5.74) is 5.07. The molecule has 0 atom stereocenters. The summed E-state index contributed by atoms with van der Waals surface area (Å²) in [6, 6.07) is 21.2. The van der Waals surface area contributed by atoms with Crippen LogP contribution in [0.1, 0.15) is 27.0 Å². The second-order valence-corrected chi connectivity index (χ2v) is 7.35. The molecular weight excluding hydrogens is 442 g/mol. The van der Waals surface area contributed by atoms with E-state index in [0.29, 0.717) is 23.2 Å². The van der Waals surface area contributed by atoms with E-state index in [2.05, 4.69) is 0 Å². The largest absolute Gasteiger partial charge is 0.507 e. The number of hydrogen-bond acceptors (Lipinski definition) is 3. The number of phenolic OH excluding ortho intramolecular Hbond substituents is 1. The highest BCUT2D eigenvalue weighted by Crippen LogP contribution is 2.23. The number of para-hydroxylation sites is 2. The summed E-state index contributed by atoms with van der Waals surface area (Å²) in [7, 11) is 0. The van der Waals surface area contributed by atoms with Crippen molar-refractivity contribution in [3.05, 3.63) is 94.6 Å². The fourth-order valence-corrected chi connectivity index (χ4v) is 3.73. The van der Waals surface area contributed by atoms with Crippen LogP contribution in [0.4, 0.5) is 0 Å². The van der Waals surface area contributed by atoms with Crippen LogP contribution in [-0.2, 0) is 13.1 Å². The zero-order chi connectivity index (χ0) is 20.5.